The van der Waals surface area contributed by atoms with Crippen LogP contribution in [-0.4, -0.2) is 58.3 Å². The molecule has 2 aromatic carbocycles. The molecule has 11 heteroatoms. The largest absolute Gasteiger partial charge is 0.504 e. The lowest BCUT2D eigenvalue weighted by Gasteiger charge is -2.24. The molecular formula is C36H58O10S. The van der Waals surface area contributed by atoms with Crippen molar-refractivity contribution in [3.8, 4) is 46.0 Å². The van der Waals surface area contributed by atoms with Crippen LogP contribution in [0.4, 0.5) is 0 Å². The van der Waals surface area contributed by atoms with E-state index in [9.17, 15) is 10.2 Å². The monoisotopic (exact) mass is 682 g/mol. The molecule has 0 bridgehead atoms. The fourth-order valence-corrected chi connectivity index (χ4v) is 6.23. The predicted octanol–water partition coefficient (Wildman–Crippen LogP) is 9.00. The Morgan fingerprint density at radius 2 is 0.702 bits per heavy atom. The lowest BCUT2D eigenvalue weighted by atomic mass is 10.2. The minimum absolute atomic E-state index is 0.0731. The molecular weight excluding hydrogens is 624 g/mol. The van der Waals surface area contributed by atoms with E-state index in [0.717, 1.165) is 38.5 Å². The molecule has 0 heterocycles. The van der Waals surface area contributed by atoms with E-state index in [-0.39, 0.29) is 95.4 Å². The Hall–Kier alpha value is -3.21. The second kappa shape index (κ2) is 21.6. The number of phenols is 2. The Balaban J connectivity index is 3.05. The Bertz CT molecular complexity index is 1220. The first-order valence-corrected chi connectivity index (χ1v) is 19.0. The van der Waals surface area contributed by atoms with Gasteiger partial charge in [-0.1, -0.05) is 80.1 Å². The highest BCUT2D eigenvalue weighted by molar-refractivity contribution is 7.92. The highest BCUT2D eigenvalue weighted by Gasteiger charge is 2.39. The highest BCUT2D eigenvalue weighted by atomic mass is 32.2. The van der Waals surface area contributed by atoms with Gasteiger partial charge in [0.1, 0.15) is 11.5 Å². The molecule has 0 radical (unpaired) electrons. The third-order valence-electron chi connectivity index (χ3n) is 7.30. The molecule has 0 spiro atoms. The summed E-state index contributed by atoms with van der Waals surface area (Å²) >= 11 is 0. The summed E-state index contributed by atoms with van der Waals surface area (Å²) in [5.41, 5.74) is 0. The molecule has 0 aliphatic rings. The van der Waals surface area contributed by atoms with Crippen molar-refractivity contribution in [2.24, 2.45) is 0 Å². The number of unbranched alkanes of at least 4 members (excludes halogenated alkanes) is 6. The summed E-state index contributed by atoms with van der Waals surface area (Å²) in [6, 6.07) is 2.54. The maximum absolute atomic E-state index is 15.2. The summed E-state index contributed by atoms with van der Waals surface area (Å²) in [6.45, 7) is 13.3. The summed E-state index contributed by atoms with van der Waals surface area (Å²) in [7, 11) is -4.63. The molecule has 0 saturated carbocycles. The number of benzene rings is 2. The molecule has 0 amide bonds. The molecule has 10 nitrogen and oxygen atoms in total. The van der Waals surface area contributed by atoms with Crippen LogP contribution in [0.5, 0.6) is 46.0 Å². The summed E-state index contributed by atoms with van der Waals surface area (Å²) in [6.07, 6.45) is 8.87. The maximum Gasteiger partial charge on any atom is 0.221 e. The summed E-state index contributed by atoms with van der Waals surface area (Å²) in [4.78, 5) is -0.611. The van der Waals surface area contributed by atoms with Gasteiger partial charge in [-0.25, -0.2) is 8.42 Å². The second-order valence-electron chi connectivity index (χ2n) is 11.5. The molecule has 0 atom stereocenters. The van der Waals surface area contributed by atoms with Gasteiger partial charge < -0.3 is 38.6 Å². The average Bonchev–Trinajstić information content (AvgIpc) is 3.03. The lowest BCUT2D eigenvalue weighted by Crippen LogP contribution is -2.15. The van der Waals surface area contributed by atoms with E-state index >= 15 is 8.42 Å². The van der Waals surface area contributed by atoms with Gasteiger partial charge in [-0.2, -0.15) is 0 Å². The fraction of sp³-hybridized carbons (Fsp3) is 0.667. The van der Waals surface area contributed by atoms with Crippen molar-refractivity contribution in [1.29, 1.82) is 0 Å². The van der Waals surface area contributed by atoms with Crippen molar-refractivity contribution in [2.75, 3.05) is 39.6 Å². The Morgan fingerprint density at radius 3 is 0.979 bits per heavy atom. The number of hydrogen-bond donors (Lipinski definition) is 2. The fourth-order valence-electron chi connectivity index (χ4n) is 4.47. The van der Waals surface area contributed by atoms with Crippen molar-refractivity contribution in [3.05, 3.63) is 12.1 Å². The zero-order chi connectivity index (χ0) is 34.7. The molecule has 0 saturated heterocycles. The minimum Gasteiger partial charge on any atom is -0.504 e. The van der Waals surface area contributed by atoms with Gasteiger partial charge in [0.05, 0.1) is 39.6 Å². The predicted molar refractivity (Wildman–Crippen MR) is 184 cm³/mol. The van der Waals surface area contributed by atoms with E-state index < -0.39 is 9.84 Å². The van der Waals surface area contributed by atoms with Crippen LogP contribution in [0.15, 0.2) is 21.9 Å². The number of ether oxygens (including phenoxy) is 6. The quantitative estimate of drug-likeness (QED) is 0.0927. The smallest absolute Gasteiger partial charge is 0.221 e. The molecule has 0 unspecified atom stereocenters. The van der Waals surface area contributed by atoms with Gasteiger partial charge >= 0.3 is 0 Å². The zero-order valence-electron chi connectivity index (χ0n) is 29.5. The molecule has 0 aliphatic heterocycles. The minimum atomic E-state index is -4.63. The van der Waals surface area contributed by atoms with Crippen LogP contribution >= 0.6 is 0 Å². The van der Waals surface area contributed by atoms with Crippen LogP contribution in [0.3, 0.4) is 0 Å². The number of aromatic hydroxyl groups is 2. The van der Waals surface area contributed by atoms with E-state index in [4.69, 9.17) is 28.4 Å². The van der Waals surface area contributed by atoms with Gasteiger partial charge in [0, 0.05) is 12.1 Å². The number of sulfone groups is 1. The normalized spacial score (nSPS) is 11.4. The lowest BCUT2D eigenvalue weighted by molar-refractivity contribution is 0.236. The molecule has 0 fully saturated rings. The van der Waals surface area contributed by atoms with Crippen molar-refractivity contribution < 1.29 is 47.1 Å². The summed E-state index contributed by atoms with van der Waals surface area (Å²) in [5, 5.41) is 22.3. The first-order chi connectivity index (χ1) is 22.7. The van der Waals surface area contributed by atoms with Gasteiger partial charge in [0.25, 0.3) is 0 Å². The number of rotatable bonds is 26. The van der Waals surface area contributed by atoms with Gasteiger partial charge in [-0.15, -0.1) is 0 Å². The van der Waals surface area contributed by atoms with Crippen molar-refractivity contribution >= 4 is 9.84 Å². The molecule has 2 rings (SSSR count). The first kappa shape index (κ1) is 40.0. The second-order valence-corrected chi connectivity index (χ2v) is 13.3. The summed E-state index contributed by atoms with van der Waals surface area (Å²) < 4.78 is 67.0. The highest BCUT2D eigenvalue weighted by Crippen LogP contribution is 2.54. The van der Waals surface area contributed by atoms with E-state index in [1.165, 1.54) is 12.1 Å². The number of hydrogen-bond acceptors (Lipinski definition) is 10. The SMILES string of the molecule is CCCCOc1cc(O)c(OCCCC)c(OCCCC)c1S(=O)(=O)c1c(OCCCC)cc(O)c(OCCCC)c1OCCCC. The van der Waals surface area contributed by atoms with Crippen LogP contribution < -0.4 is 28.4 Å². The third-order valence-corrected chi connectivity index (χ3v) is 9.15. The molecule has 2 aromatic rings. The van der Waals surface area contributed by atoms with Gasteiger partial charge in [-0.05, 0) is 38.5 Å². The van der Waals surface area contributed by atoms with Crippen LogP contribution in [0.2, 0.25) is 0 Å². The first-order valence-electron chi connectivity index (χ1n) is 17.5. The average molecular weight is 683 g/mol. The molecule has 268 valence electrons. The molecule has 2 N–H and O–H groups in total. The Labute approximate surface area is 282 Å². The van der Waals surface area contributed by atoms with Crippen LogP contribution in [0, 0.1) is 0 Å². The van der Waals surface area contributed by atoms with E-state index in [1.54, 1.807) is 0 Å². The van der Waals surface area contributed by atoms with E-state index in [2.05, 4.69) is 0 Å². The van der Waals surface area contributed by atoms with Gasteiger partial charge in [0.15, 0.2) is 32.8 Å². The molecule has 47 heavy (non-hydrogen) atoms. The Morgan fingerprint density at radius 1 is 0.447 bits per heavy atom. The van der Waals surface area contributed by atoms with Crippen molar-refractivity contribution in [2.45, 2.75) is 128 Å². The standard InChI is InChI=1S/C36H58O10S/c1-7-13-19-41-29-25-27(37)31(43-21-15-9-3)33(45-23-17-11-5)35(29)47(39,40)36-30(42-20-14-8-2)26-28(38)32(44-22-16-10-4)34(36)46-24-18-12-6/h25-26,37-38H,7-24H2,1-6H3. The van der Waals surface area contributed by atoms with E-state index in [0.29, 0.717) is 38.5 Å². The third kappa shape index (κ3) is 11.5. The Kier molecular flexibility index (Phi) is 18.4. The molecule has 0 aliphatic carbocycles. The van der Waals surface area contributed by atoms with Crippen molar-refractivity contribution in [3.63, 3.8) is 0 Å². The zero-order valence-corrected chi connectivity index (χ0v) is 30.3. The van der Waals surface area contributed by atoms with Crippen molar-refractivity contribution in [1.82, 2.24) is 0 Å². The van der Waals surface area contributed by atoms with Gasteiger partial charge in [0.2, 0.25) is 21.3 Å². The van der Waals surface area contributed by atoms with Crippen LogP contribution in [0.1, 0.15) is 119 Å². The molecule has 0 aromatic heterocycles. The number of phenolic OH excluding ortho intramolecular Hbond substituents is 2. The van der Waals surface area contributed by atoms with Crippen LogP contribution in [-0.2, 0) is 9.84 Å². The topological polar surface area (TPSA) is 130 Å². The maximum atomic E-state index is 15.2. The van der Waals surface area contributed by atoms with Gasteiger partial charge in [-0.3, -0.25) is 0 Å². The van der Waals surface area contributed by atoms with Crippen LogP contribution in [0.25, 0.3) is 0 Å². The van der Waals surface area contributed by atoms with E-state index in [1.807, 2.05) is 41.5 Å². The summed E-state index contributed by atoms with van der Waals surface area (Å²) in [5.74, 6) is -1.15.